The molecule has 0 saturated heterocycles. The van der Waals surface area contributed by atoms with Crippen LogP contribution in [0.15, 0.2) is 46.9 Å². The van der Waals surface area contributed by atoms with E-state index < -0.39 is 26.0 Å². The summed E-state index contributed by atoms with van der Waals surface area (Å²) in [7, 11) is -1.33. The molecule has 0 fully saturated rings. The predicted octanol–water partition coefficient (Wildman–Crippen LogP) is 5.86. The van der Waals surface area contributed by atoms with Gasteiger partial charge in [-0.05, 0) is 30.3 Å². The maximum Gasteiger partial charge on any atom is 0.375 e. The van der Waals surface area contributed by atoms with Crippen LogP contribution in [0.4, 0.5) is 0 Å². The molecule has 2 aromatic rings. The Hall–Kier alpha value is -1.08. The first kappa shape index (κ1) is 22.2. The smallest absolute Gasteiger partial charge is 0.375 e. The highest BCUT2D eigenvalue weighted by atomic mass is 79.9. The molecular formula is C17H16BrCl2O6P. The fourth-order valence-electron chi connectivity index (χ4n) is 2.13. The first-order valence-electron chi connectivity index (χ1n) is 7.53. The number of hydrogen-bond donors (Lipinski definition) is 0. The Labute approximate surface area is 175 Å². The molecule has 0 spiro atoms. The molecule has 0 saturated carbocycles. The quantitative estimate of drug-likeness (QED) is 0.336. The van der Waals surface area contributed by atoms with Crippen LogP contribution in [-0.4, -0.2) is 26.8 Å². The molecule has 0 aliphatic heterocycles. The molecule has 0 amide bonds. The molecule has 6 nitrogen and oxygen atoms in total. The number of carbonyl (C=O) groups is 1. The van der Waals surface area contributed by atoms with Gasteiger partial charge in [0.15, 0.2) is 6.61 Å². The number of rotatable bonds is 8. The van der Waals surface area contributed by atoms with Gasteiger partial charge >= 0.3 is 13.6 Å². The van der Waals surface area contributed by atoms with Crippen molar-refractivity contribution in [2.45, 2.75) is 5.85 Å². The summed E-state index contributed by atoms with van der Waals surface area (Å²) in [6, 6.07) is 11.4. The van der Waals surface area contributed by atoms with E-state index in [1.165, 1.54) is 26.4 Å². The maximum atomic E-state index is 12.9. The number of ether oxygens (including phenoxy) is 2. The van der Waals surface area contributed by atoms with Gasteiger partial charge in [0.2, 0.25) is 5.85 Å². The van der Waals surface area contributed by atoms with Crippen molar-refractivity contribution in [1.29, 1.82) is 0 Å². The SMILES string of the molecule is COP(=O)(OC)C(OC(=O)COc1ccc(Cl)cc1Cl)c1cccc(Br)c1. The number of halogens is 3. The Balaban J connectivity index is 2.17. The third-order valence-corrected chi connectivity index (χ3v) is 6.43. The van der Waals surface area contributed by atoms with Gasteiger partial charge < -0.3 is 18.5 Å². The van der Waals surface area contributed by atoms with Crippen LogP contribution in [-0.2, 0) is 23.1 Å². The zero-order valence-electron chi connectivity index (χ0n) is 14.4. The van der Waals surface area contributed by atoms with Crippen LogP contribution in [0.3, 0.4) is 0 Å². The molecule has 0 N–H and O–H groups in total. The summed E-state index contributed by atoms with van der Waals surface area (Å²) in [5, 5.41) is 0.684. The van der Waals surface area contributed by atoms with E-state index in [0.29, 0.717) is 15.1 Å². The second-order valence-electron chi connectivity index (χ2n) is 5.17. The van der Waals surface area contributed by atoms with E-state index in [1.54, 1.807) is 30.3 Å². The zero-order valence-corrected chi connectivity index (χ0v) is 18.3. The highest BCUT2D eigenvalue weighted by molar-refractivity contribution is 9.10. The molecule has 0 aliphatic rings. The highest BCUT2D eigenvalue weighted by Crippen LogP contribution is 2.60. The van der Waals surface area contributed by atoms with Gasteiger partial charge in [0.05, 0.1) is 5.02 Å². The Morgan fingerprint density at radius 3 is 2.44 bits per heavy atom. The summed E-state index contributed by atoms with van der Waals surface area (Å²) in [4.78, 5) is 12.3. The van der Waals surface area contributed by atoms with Gasteiger partial charge in [0.25, 0.3) is 0 Å². The van der Waals surface area contributed by atoms with Crippen LogP contribution in [0, 0.1) is 0 Å². The van der Waals surface area contributed by atoms with Gasteiger partial charge in [-0.3, -0.25) is 4.57 Å². The fourth-order valence-corrected chi connectivity index (χ4v) is 4.31. The van der Waals surface area contributed by atoms with Gasteiger partial charge in [-0.2, -0.15) is 0 Å². The van der Waals surface area contributed by atoms with Crippen molar-refractivity contribution in [2.24, 2.45) is 0 Å². The summed E-state index contributed by atoms with van der Waals surface area (Å²) < 4.78 is 34.3. The van der Waals surface area contributed by atoms with Gasteiger partial charge in [-0.15, -0.1) is 0 Å². The Kier molecular flexibility index (Phi) is 8.16. The number of carbonyl (C=O) groups excluding carboxylic acids is 1. The van der Waals surface area contributed by atoms with Crippen LogP contribution in [0.2, 0.25) is 10.0 Å². The average molecular weight is 498 g/mol. The number of esters is 1. The van der Waals surface area contributed by atoms with Crippen molar-refractivity contribution in [3.05, 3.63) is 62.5 Å². The highest BCUT2D eigenvalue weighted by Gasteiger charge is 2.39. The maximum absolute atomic E-state index is 12.9. The van der Waals surface area contributed by atoms with Crippen molar-refractivity contribution in [3.63, 3.8) is 0 Å². The van der Waals surface area contributed by atoms with Crippen LogP contribution >= 0.6 is 46.7 Å². The van der Waals surface area contributed by atoms with Crippen molar-refractivity contribution in [1.82, 2.24) is 0 Å². The van der Waals surface area contributed by atoms with E-state index in [4.69, 9.17) is 41.7 Å². The summed E-state index contributed by atoms with van der Waals surface area (Å²) in [5.41, 5.74) is 0.439. The van der Waals surface area contributed by atoms with E-state index >= 15 is 0 Å². The summed E-state index contributed by atoms with van der Waals surface area (Å²) in [6.07, 6.45) is 0. The molecule has 0 heterocycles. The standard InChI is InChI=1S/C17H16BrCl2O6P/c1-23-27(22,24-2)17(11-4-3-5-12(18)8-11)26-16(21)10-25-15-7-6-13(19)9-14(15)20/h3-9,17H,10H2,1-2H3. The zero-order chi connectivity index (χ0) is 20.0. The molecule has 0 aliphatic carbocycles. The minimum Gasteiger partial charge on any atom is -0.480 e. The molecule has 2 aromatic carbocycles. The third kappa shape index (κ3) is 5.95. The van der Waals surface area contributed by atoms with Crippen molar-refractivity contribution < 1.29 is 27.9 Å². The van der Waals surface area contributed by atoms with E-state index in [2.05, 4.69) is 15.9 Å². The predicted molar refractivity (Wildman–Crippen MR) is 107 cm³/mol. The van der Waals surface area contributed by atoms with E-state index in [0.717, 1.165) is 0 Å². The molecule has 1 atom stereocenters. The van der Waals surface area contributed by atoms with Gasteiger partial charge in [-0.25, -0.2) is 4.79 Å². The lowest BCUT2D eigenvalue weighted by atomic mass is 10.2. The lowest BCUT2D eigenvalue weighted by molar-refractivity contribution is -0.149. The largest absolute Gasteiger partial charge is 0.480 e. The number of benzene rings is 2. The van der Waals surface area contributed by atoms with Crippen LogP contribution in [0.1, 0.15) is 11.4 Å². The van der Waals surface area contributed by atoms with Crippen LogP contribution in [0.25, 0.3) is 0 Å². The summed E-state index contributed by atoms with van der Waals surface area (Å²) in [6.45, 7) is -0.459. The molecule has 1 unspecified atom stereocenters. The lowest BCUT2D eigenvalue weighted by Crippen LogP contribution is -2.19. The van der Waals surface area contributed by atoms with Crippen LogP contribution < -0.4 is 4.74 Å². The molecule has 0 bridgehead atoms. The normalized spacial score (nSPS) is 12.5. The van der Waals surface area contributed by atoms with Crippen molar-refractivity contribution >= 4 is 52.7 Å². The Bertz CT molecular complexity index is 855. The molecule has 2 rings (SSSR count). The first-order chi connectivity index (χ1) is 12.8. The molecule has 0 aromatic heterocycles. The Morgan fingerprint density at radius 2 is 1.85 bits per heavy atom. The second kappa shape index (κ2) is 9.92. The summed E-state index contributed by atoms with van der Waals surface area (Å²) in [5.74, 6) is -1.78. The minimum absolute atomic E-state index is 0.248. The molecule has 0 radical (unpaired) electrons. The average Bonchev–Trinajstić information content (AvgIpc) is 2.64. The van der Waals surface area contributed by atoms with E-state index in [9.17, 15) is 9.36 Å². The van der Waals surface area contributed by atoms with Crippen molar-refractivity contribution in [3.8, 4) is 5.75 Å². The monoisotopic (exact) mass is 496 g/mol. The van der Waals surface area contributed by atoms with Gasteiger partial charge in [0, 0.05) is 29.3 Å². The number of hydrogen-bond acceptors (Lipinski definition) is 6. The minimum atomic E-state index is -3.76. The topological polar surface area (TPSA) is 71.1 Å². The third-order valence-electron chi connectivity index (χ3n) is 3.41. The molecular weight excluding hydrogens is 482 g/mol. The second-order valence-corrected chi connectivity index (χ2v) is 9.20. The fraction of sp³-hybridized carbons (Fsp3) is 0.235. The summed E-state index contributed by atoms with van der Waals surface area (Å²) >= 11 is 15.1. The first-order valence-corrected chi connectivity index (χ1v) is 10.7. The van der Waals surface area contributed by atoms with E-state index in [-0.39, 0.29) is 10.8 Å². The molecule has 146 valence electrons. The van der Waals surface area contributed by atoms with E-state index in [1.807, 2.05) is 0 Å². The van der Waals surface area contributed by atoms with Crippen molar-refractivity contribution in [2.75, 3.05) is 20.8 Å². The Morgan fingerprint density at radius 1 is 1.15 bits per heavy atom. The van der Waals surface area contributed by atoms with Gasteiger partial charge in [-0.1, -0.05) is 51.3 Å². The van der Waals surface area contributed by atoms with Crippen LogP contribution in [0.5, 0.6) is 5.75 Å². The van der Waals surface area contributed by atoms with Gasteiger partial charge in [0.1, 0.15) is 5.75 Å². The molecule has 10 heteroatoms. The lowest BCUT2D eigenvalue weighted by Gasteiger charge is -2.24. The molecule has 27 heavy (non-hydrogen) atoms.